The van der Waals surface area contributed by atoms with Gasteiger partial charge in [-0.2, -0.15) is 0 Å². The third-order valence-corrected chi connectivity index (χ3v) is 4.84. The lowest BCUT2D eigenvalue weighted by molar-refractivity contribution is -0.885. The van der Waals surface area contributed by atoms with Gasteiger partial charge in [-0.1, -0.05) is 29.3 Å². The molecule has 2 aromatic rings. The number of quaternary nitrogens is 1. The molecule has 0 fully saturated rings. The Labute approximate surface area is 163 Å². The molecule has 0 saturated carbocycles. The number of halogens is 2. The lowest BCUT2D eigenvalue weighted by Crippen LogP contribution is -3.08. The van der Waals surface area contributed by atoms with Crippen LogP contribution in [0.4, 0.5) is 5.69 Å². The maximum Gasteiger partial charge on any atom is 0.279 e. The summed E-state index contributed by atoms with van der Waals surface area (Å²) in [6.45, 7) is 2.97. The average molecular weight is 398 g/mol. The zero-order valence-corrected chi connectivity index (χ0v) is 16.8. The second-order valence-corrected chi connectivity index (χ2v) is 6.88. The molecular formula is C19H23Cl2N2O3+. The fourth-order valence-electron chi connectivity index (χ4n) is 2.67. The molecular weight excluding hydrogens is 375 g/mol. The van der Waals surface area contributed by atoms with Gasteiger partial charge in [0.05, 0.1) is 37.0 Å². The van der Waals surface area contributed by atoms with Crippen LogP contribution in [0, 0.1) is 6.92 Å². The quantitative estimate of drug-likeness (QED) is 0.754. The van der Waals surface area contributed by atoms with E-state index in [1.54, 1.807) is 32.4 Å². The maximum atomic E-state index is 12.3. The number of amides is 1. The summed E-state index contributed by atoms with van der Waals surface area (Å²) in [5.41, 5.74) is 2.69. The molecule has 2 N–H and O–H groups in total. The molecule has 0 radical (unpaired) electrons. The highest BCUT2D eigenvalue weighted by Gasteiger charge is 2.16. The first-order valence-electron chi connectivity index (χ1n) is 8.12. The molecule has 140 valence electrons. The van der Waals surface area contributed by atoms with Crippen molar-refractivity contribution < 1.29 is 19.2 Å². The van der Waals surface area contributed by atoms with E-state index in [0.717, 1.165) is 16.0 Å². The molecule has 0 aliphatic heterocycles. The monoisotopic (exact) mass is 397 g/mol. The largest absolute Gasteiger partial charge is 0.493 e. The molecule has 2 aromatic carbocycles. The Morgan fingerprint density at radius 3 is 2.46 bits per heavy atom. The summed E-state index contributed by atoms with van der Waals surface area (Å²) in [5, 5.41) is 3.55. The third kappa shape index (κ3) is 5.04. The van der Waals surface area contributed by atoms with Gasteiger partial charge < -0.3 is 19.7 Å². The predicted octanol–water partition coefficient (Wildman–Crippen LogP) is 2.97. The summed E-state index contributed by atoms with van der Waals surface area (Å²) in [6, 6.07) is 9.03. The van der Waals surface area contributed by atoms with E-state index in [1.807, 2.05) is 26.1 Å². The van der Waals surface area contributed by atoms with Crippen LogP contribution in [0.25, 0.3) is 0 Å². The highest BCUT2D eigenvalue weighted by atomic mass is 35.5. The third-order valence-electron chi connectivity index (χ3n) is 4.02. The minimum atomic E-state index is -0.134. The van der Waals surface area contributed by atoms with Crippen molar-refractivity contribution in [3.05, 3.63) is 51.5 Å². The van der Waals surface area contributed by atoms with Gasteiger partial charge in [0.2, 0.25) is 0 Å². The number of carbonyl (C=O) groups is 1. The first-order chi connectivity index (χ1) is 12.3. The highest BCUT2D eigenvalue weighted by molar-refractivity contribution is 6.43. The van der Waals surface area contributed by atoms with Crippen LogP contribution in [0.1, 0.15) is 11.1 Å². The number of nitrogens with one attached hydrogen (secondary N) is 2. The minimum absolute atomic E-state index is 0.134. The van der Waals surface area contributed by atoms with Crippen molar-refractivity contribution in [3.8, 4) is 11.5 Å². The van der Waals surface area contributed by atoms with E-state index < -0.39 is 0 Å². The second kappa shape index (κ2) is 9.12. The summed E-state index contributed by atoms with van der Waals surface area (Å²) in [5.74, 6) is 1.24. The van der Waals surface area contributed by atoms with Crippen LogP contribution in [-0.2, 0) is 11.3 Å². The number of ether oxygens (including phenoxy) is 2. The minimum Gasteiger partial charge on any atom is -0.493 e. The molecule has 1 amide bonds. The van der Waals surface area contributed by atoms with Gasteiger partial charge in [-0.3, -0.25) is 4.79 Å². The molecule has 2 rings (SSSR count). The van der Waals surface area contributed by atoms with Gasteiger partial charge in [0.1, 0.15) is 6.54 Å². The van der Waals surface area contributed by atoms with E-state index in [-0.39, 0.29) is 12.5 Å². The predicted molar refractivity (Wildman–Crippen MR) is 105 cm³/mol. The first kappa shape index (κ1) is 20.4. The highest BCUT2D eigenvalue weighted by Crippen LogP contribution is 2.30. The Morgan fingerprint density at radius 1 is 1.15 bits per heavy atom. The van der Waals surface area contributed by atoms with Crippen molar-refractivity contribution in [3.63, 3.8) is 0 Å². The van der Waals surface area contributed by atoms with Gasteiger partial charge in [0.25, 0.3) is 5.91 Å². The number of carbonyl (C=O) groups excluding carboxylic acids is 1. The van der Waals surface area contributed by atoms with E-state index in [2.05, 4.69) is 5.32 Å². The Kier molecular flexibility index (Phi) is 7.14. The summed E-state index contributed by atoms with van der Waals surface area (Å²) >= 11 is 12.1. The molecule has 0 heterocycles. The van der Waals surface area contributed by atoms with Gasteiger partial charge in [0, 0.05) is 5.56 Å². The van der Waals surface area contributed by atoms with E-state index in [1.165, 1.54) is 0 Å². The first-order valence-corrected chi connectivity index (χ1v) is 8.88. The van der Waals surface area contributed by atoms with Crippen molar-refractivity contribution in [2.45, 2.75) is 13.5 Å². The van der Waals surface area contributed by atoms with Crippen LogP contribution in [0.3, 0.4) is 0 Å². The van der Waals surface area contributed by atoms with Crippen LogP contribution in [0.5, 0.6) is 11.5 Å². The molecule has 0 spiro atoms. The molecule has 1 unspecified atom stereocenters. The summed E-state index contributed by atoms with van der Waals surface area (Å²) in [6.07, 6.45) is 0. The Balaban J connectivity index is 2.03. The Morgan fingerprint density at radius 2 is 1.81 bits per heavy atom. The normalized spacial score (nSPS) is 11.8. The number of hydrogen-bond acceptors (Lipinski definition) is 3. The SMILES string of the molecule is COc1cc(C)c(C[NH+](C)CC(=O)Nc2cccc(Cl)c2Cl)cc1OC. The van der Waals surface area contributed by atoms with Crippen molar-refractivity contribution >= 4 is 34.8 Å². The van der Waals surface area contributed by atoms with E-state index in [4.69, 9.17) is 32.7 Å². The number of hydrogen-bond donors (Lipinski definition) is 2. The molecule has 5 nitrogen and oxygen atoms in total. The standard InChI is InChI=1S/C19H22Cl2N2O3/c1-12-8-16(25-3)17(26-4)9-13(12)10-23(2)11-18(24)22-15-7-5-6-14(20)19(15)21/h5-9H,10-11H2,1-4H3,(H,22,24)/p+1. The zero-order chi connectivity index (χ0) is 19.3. The van der Waals surface area contributed by atoms with Crippen LogP contribution in [-0.4, -0.2) is 33.7 Å². The molecule has 26 heavy (non-hydrogen) atoms. The molecule has 0 saturated heterocycles. The van der Waals surface area contributed by atoms with Crippen molar-refractivity contribution in [1.82, 2.24) is 0 Å². The summed E-state index contributed by atoms with van der Waals surface area (Å²) in [4.78, 5) is 13.3. The van der Waals surface area contributed by atoms with E-state index in [0.29, 0.717) is 33.8 Å². The van der Waals surface area contributed by atoms with Crippen LogP contribution < -0.4 is 19.7 Å². The number of methoxy groups -OCH3 is 2. The summed E-state index contributed by atoms with van der Waals surface area (Å²) < 4.78 is 10.7. The van der Waals surface area contributed by atoms with Crippen LogP contribution >= 0.6 is 23.2 Å². The molecule has 0 aliphatic rings. The number of aryl methyl sites for hydroxylation is 1. The van der Waals surface area contributed by atoms with Gasteiger partial charge in [-0.15, -0.1) is 0 Å². The van der Waals surface area contributed by atoms with Crippen molar-refractivity contribution in [1.29, 1.82) is 0 Å². The Bertz CT molecular complexity index is 797. The van der Waals surface area contributed by atoms with Crippen LogP contribution in [0.2, 0.25) is 10.0 Å². The van der Waals surface area contributed by atoms with Gasteiger partial charge in [-0.05, 0) is 36.8 Å². The van der Waals surface area contributed by atoms with Gasteiger partial charge in [-0.25, -0.2) is 0 Å². The van der Waals surface area contributed by atoms with Crippen molar-refractivity contribution in [2.24, 2.45) is 0 Å². The number of anilines is 1. The fraction of sp³-hybridized carbons (Fsp3) is 0.316. The van der Waals surface area contributed by atoms with Gasteiger partial charge >= 0.3 is 0 Å². The van der Waals surface area contributed by atoms with Crippen LogP contribution in [0.15, 0.2) is 30.3 Å². The second-order valence-electron chi connectivity index (χ2n) is 6.09. The maximum absolute atomic E-state index is 12.3. The molecule has 0 aliphatic carbocycles. The molecule has 0 bridgehead atoms. The smallest absolute Gasteiger partial charge is 0.279 e. The lowest BCUT2D eigenvalue weighted by Gasteiger charge is -2.17. The fourth-order valence-corrected chi connectivity index (χ4v) is 3.02. The number of benzene rings is 2. The lowest BCUT2D eigenvalue weighted by atomic mass is 10.1. The number of rotatable bonds is 7. The average Bonchev–Trinajstić information content (AvgIpc) is 2.60. The molecule has 1 atom stereocenters. The molecule has 7 heteroatoms. The molecule has 0 aromatic heterocycles. The zero-order valence-electron chi connectivity index (χ0n) is 15.3. The topological polar surface area (TPSA) is 52.0 Å². The van der Waals surface area contributed by atoms with Crippen molar-refractivity contribution in [2.75, 3.05) is 33.1 Å². The van der Waals surface area contributed by atoms with Gasteiger partial charge in [0.15, 0.2) is 18.0 Å². The summed E-state index contributed by atoms with van der Waals surface area (Å²) in [7, 11) is 5.17. The Hall–Kier alpha value is -1.95. The van der Waals surface area contributed by atoms with E-state index >= 15 is 0 Å². The van der Waals surface area contributed by atoms with E-state index in [9.17, 15) is 4.79 Å². The number of likely N-dealkylation sites (N-methyl/N-ethyl adjacent to an activating group) is 1.